The van der Waals surface area contributed by atoms with Gasteiger partial charge in [-0.3, -0.25) is 0 Å². The summed E-state index contributed by atoms with van der Waals surface area (Å²) in [6.07, 6.45) is 1.51. The van der Waals surface area contributed by atoms with E-state index in [1.165, 1.54) is 13.2 Å². The van der Waals surface area contributed by atoms with Gasteiger partial charge in [-0.2, -0.15) is 0 Å². The molecular formula is C24H19BrN2O5S. The summed E-state index contributed by atoms with van der Waals surface area (Å²) in [7, 11) is 1.54. The number of thioether (sulfide) groups is 1. The Kier molecular flexibility index (Phi) is 7.00. The molecule has 0 spiro atoms. The van der Waals surface area contributed by atoms with E-state index in [0.717, 1.165) is 28.1 Å². The molecule has 0 aliphatic carbocycles. The number of aliphatic carboxylic acids is 1. The molecule has 1 heterocycles. The topological polar surface area (TPSA) is 94.7 Å². The smallest absolute Gasteiger partial charge is 0.342 e. The molecule has 9 heteroatoms. The minimum Gasteiger partial charge on any atom is -0.493 e. The van der Waals surface area contributed by atoms with Gasteiger partial charge in [-0.15, -0.1) is 10.2 Å². The zero-order valence-electron chi connectivity index (χ0n) is 17.7. The predicted molar refractivity (Wildman–Crippen MR) is 129 cm³/mol. The number of fused-ring (bicyclic) bond motifs is 1. The molecule has 0 saturated heterocycles. The number of halogens is 1. The van der Waals surface area contributed by atoms with Crippen LogP contribution < -0.4 is 9.47 Å². The zero-order valence-corrected chi connectivity index (χ0v) is 20.1. The fourth-order valence-electron chi connectivity index (χ4n) is 3.23. The lowest BCUT2D eigenvalue weighted by atomic mass is 10.1. The minimum absolute atomic E-state index is 0.0250. The maximum Gasteiger partial charge on any atom is 0.342 e. The number of hydrogen-bond donors (Lipinski definition) is 1. The molecule has 0 amide bonds. The lowest BCUT2D eigenvalue weighted by Gasteiger charge is -2.15. The van der Waals surface area contributed by atoms with Gasteiger partial charge in [0.15, 0.2) is 11.5 Å². The number of nitrogens with zero attached hydrogens (tertiary/aromatic N) is 2. The fraction of sp³-hybridized carbons (Fsp3) is 0.125. The fourth-order valence-corrected chi connectivity index (χ4v) is 4.52. The molecule has 0 unspecified atom stereocenters. The third-order valence-corrected chi connectivity index (χ3v) is 6.16. The van der Waals surface area contributed by atoms with Crippen LogP contribution in [0.25, 0.3) is 16.8 Å². The maximum atomic E-state index is 11.7. The van der Waals surface area contributed by atoms with Crippen molar-refractivity contribution < 1.29 is 23.8 Å². The maximum absolute atomic E-state index is 11.7. The summed E-state index contributed by atoms with van der Waals surface area (Å²) in [5.41, 5.74) is 1.66. The van der Waals surface area contributed by atoms with Crippen LogP contribution in [0.2, 0.25) is 0 Å². The molecule has 1 N–H and O–H groups in total. The highest BCUT2D eigenvalue weighted by molar-refractivity contribution is 9.10. The monoisotopic (exact) mass is 526 g/mol. The van der Waals surface area contributed by atoms with Gasteiger partial charge in [0.2, 0.25) is 5.89 Å². The average Bonchev–Trinajstić information content (AvgIpc) is 3.22. The average molecular weight is 527 g/mol. The molecule has 1 aromatic heterocycles. The van der Waals surface area contributed by atoms with Gasteiger partial charge in [-0.25, -0.2) is 4.79 Å². The van der Waals surface area contributed by atoms with Crippen LogP contribution in [0.4, 0.5) is 0 Å². The summed E-state index contributed by atoms with van der Waals surface area (Å²) in [6.45, 7) is 1.98. The van der Waals surface area contributed by atoms with Crippen LogP contribution in [0.3, 0.4) is 0 Å². The normalized spacial score (nSPS) is 11.5. The van der Waals surface area contributed by atoms with E-state index in [1.807, 2.05) is 24.3 Å². The highest BCUT2D eigenvalue weighted by Gasteiger charge is 2.17. The van der Waals surface area contributed by atoms with Gasteiger partial charge in [0.1, 0.15) is 11.5 Å². The van der Waals surface area contributed by atoms with Crippen LogP contribution in [0.5, 0.6) is 11.5 Å². The quantitative estimate of drug-likeness (QED) is 0.217. The number of hydrogen-bond acceptors (Lipinski definition) is 7. The van der Waals surface area contributed by atoms with Gasteiger partial charge in [0.05, 0.1) is 11.6 Å². The second-order valence-corrected chi connectivity index (χ2v) is 8.81. The molecule has 0 saturated carbocycles. The van der Waals surface area contributed by atoms with Gasteiger partial charge < -0.3 is 19.0 Å². The second-order valence-electron chi connectivity index (χ2n) is 6.96. The Morgan fingerprint density at radius 3 is 2.70 bits per heavy atom. The molecule has 0 aliphatic rings. The van der Waals surface area contributed by atoms with Gasteiger partial charge in [-0.05, 0) is 67.8 Å². The molecule has 7 nitrogen and oxygen atoms in total. The Labute approximate surface area is 202 Å². The summed E-state index contributed by atoms with van der Waals surface area (Å²) in [5, 5.41) is 19.6. The van der Waals surface area contributed by atoms with E-state index in [9.17, 15) is 9.90 Å². The first-order valence-corrected chi connectivity index (χ1v) is 11.5. The number of carboxylic acids is 1. The standard InChI is InChI=1S/C24H19BrN2O5S/c1-14-26-27-24(32-14)33-21(23(28)29)12-15-10-19(25)22(20(11-15)30-2)31-13-17-8-5-7-16-6-3-4-9-18(16)17/h3-12H,13H2,1-2H3,(H,28,29)/b21-12-. The number of aromatic nitrogens is 2. The summed E-state index contributed by atoms with van der Waals surface area (Å²) >= 11 is 4.41. The Bertz CT molecular complexity index is 1350. The lowest BCUT2D eigenvalue weighted by molar-refractivity contribution is -0.131. The van der Waals surface area contributed by atoms with Crippen molar-refractivity contribution in [3.8, 4) is 11.5 Å². The first-order chi connectivity index (χ1) is 15.9. The van der Waals surface area contributed by atoms with E-state index < -0.39 is 5.97 Å². The van der Waals surface area contributed by atoms with Crippen LogP contribution in [-0.2, 0) is 11.4 Å². The van der Waals surface area contributed by atoms with Crippen molar-refractivity contribution >= 4 is 50.5 Å². The molecule has 0 fully saturated rings. The van der Waals surface area contributed by atoms with E-state index in [4.69, 9.17) is 13.9 Å². The molecule has 0 atom stereocenters. The number of aryl methyl sites for hydroxylation is 1. The zero-order chi connectivity index (χ0) is 23.4. The Balaban J connectivity index is 1.60. The molecule has 33 heavy (non-hydrogen) atoms. The molecule has 168 valence electrons. The van der Waals surface area contributed by atoms with E-state index in [2.05, 4.69) is 44.3 Å². The lowest BCUT2D eigenvalue weighted by Crippen LogP contribution is -2.00. The first-order valence-electron chi connectivity index (χ1n) is 9.84. The number of carbonyl (C=O) groups is 1. The molecule has 0 bridgehead atoms. The van der Waals surface area contributed by atoms with Crippen molar-refractivity contribution in [1.82, 2.24) is 10.2 Å². The van der Waals surface area contributed by atoms with Gasteiger partial charge >= 0.3 is 5.97 Å². The summed E-state index contributed by atoms with van der Waals surface area (Å²) in [5.74, 6) is 0.250. The Hall–Kier alpha value is -3.30. The summed E-state index contributed by atoms with van der Waals surface area (Å²) in [6, 6.07) is 17.7. The Morgan fingerprint density at radius 2 is 1.97 bits per heavy atom. The van der Waals surface area contributed by atoms with Crippen LogP contribution in [-0.4, -0.2) is 28.4 Å². The molecule has 4 aromatic rings. The van der Waals surface area contributed by atoms with E-state index in [1.54, 1.807) is 19.1 Å². The predicted octanol–water partition coefficient (Wildman–Crippen LogP) is 6.10. The third-order valence-electron chi connectivity index (χ3n) is 4.72. The van der Waals surface area contributed by atoms with Crippen molar-refractivity contribution in [3.63, 3.8) is 0 Å². The van der Waals surface area contributed by atoms with Gasteiger partial charge in [0.25, 0.3) is 5.22 Å². The molecule has 3 aromatic carbocycles. The van der Waals surface area contributed by atoms with Crippen LogP contribution in [0.15, 0.2) is 73.6 Å². The van der Waals surface area contributed by atoms with Crippen molar-refractivity contribution in [3.05, 3.63) is 81.0 Å². The minimum atomic E-state index is -1.11. The number of ether oxygens (including phenoxy) is 2. The van der Waals surface area contributed by atoms with Crippen molar-refractivity contribution in [2.75, 3.05) is 7.11 Å². The number of rotatable bonds is 8. The Morgan fingerprint density at radius 1 is 1.18 bits per heavy atom. The van der Waals surface area contributed by atoms with Crippen molar-refractivity contribution in [2.45, 2.75) is 18.8 Å². The SMILES string of the molecule is COc1cc(/C=C(\Sc2nnc(C)o2)C(=O)O)cc(Br)c1OCc1cccc2ccccc12. The van der Waals surface area contributed by atoms with Crippen LogP contribution >= 0.6 is 27.7 Å². The molecule has 4 rings (SSSR count). The highest BCUT2D eigenvalue weighted by Crippen LogP contribution is 2.39. The van der Waals surface area contributed by atoms with Crippen molar-refractivity contribution in [1.29, 1.82) is 0 Å². The van der Waals surface area contributed by atoms with Crippen molar-refractivity contribution in [2.24, 2.45) is 0 Å². The van der Waals surface area contributed by atoms with E-state index >= 15 is 0 Å². The summed E-state index contributed by atoms with van der Waals surface area (Å²) < 4.78 is 17.6. The van der Waals surface area contributed by atoms with E-state index in [0.29, 0.717) is 34.0 Å². The van der Waals surface area contributed by atoms with Crippen LogP contribution in [0.1, 0.15) is 17.0 Å². The summed E-state index contributed by atoms with van der Waals surface area (Å²) in [4.78, 5) is 11.8. The molecule has 0 radical (unpaired) electrons. The number of methoxy groups -OCH3 is 1. The molecular weight excluding hydrogens is 508 g/mol. The van der Waals surface area contributed by atoms with Gasteiger partial charge in [-0.1, -0.05) is 42.5 Å². The third kappa shape index (κ3) is 5.37. The number of benzene rings is 3. The second kappa shape index (κ2) is 10.1. The van der Waals surface area contributed by atoms with Crippen LogP contribution in [0, 0.1) is 6.92 Å². The number of carboxylic acid groups (broad SMARTS) is 1. The van der Waals surface area contributed by atoms with E-state index in [-0.39, 0.29) is 10.1 Å². The largest absolute Gasteiger partial charge is 0.493 e. The highest BCUT2D eigenvalue weighted by atomic mass is 79.9. The first kappa shape index (κ1) is 22.9. The van der Waals surface area contributed by atoms with Gasteiger partial charge in [0, 0.05) is 6.92 Å². The molecule has 0 aliphatic heterocycles.